The van der Waals surface area contributed by atoms with Crippen LogP contribution in [0, 0.1) is 27.7 Å². The Morgan fingerprint density at radius 2 is 2.00 bits per heavy atom. The number of carbonyl (C=O) groups excluding carboxylic acids is 2. The standard InChI is InChI=1S/C19H24N4O2/c1-11-7-8-12(2)15(10-11)20-18(24)19(25)23-9-5-6-16(23)17-13(3)21-22-14(17)4/h7-8,10,16H,5-6,9H2,1-4H3,(H,20,24)(H,21,22). The number of aromatic nitrogens is 2. The molecule has 0 aliphatic carbocycles. The molecule has 1 atom stereocenters. The summed E-state index contributed by atoms with van der Waals surface area (Å²) in [6, 6.07) is 5.71. The van der Waals surface area contributed by atoms with Crippen molar-refractivity contribution in [2.24, 2.45) is 0 Å². The molecule has 132 valence electrons. The number of rotatable bonds is 2. The zero-order valence-corrected chi connectivity index (χ0v) is 15.1. The smallest absolute Gasteiger partial charge is 0.313 e. The van der Waals surface area contributed by atoms with Gasteiger partial charge < -0.3 is 10.2 Å². The second-order valence-corrected chi connectivity index (χ2v) is 6.78. The van der Waals surface area contributed by atoms with Crippen molar-refractivity contribution in [3.8, 4) is 0 Å². The van der Waals surface area contributed by atoms with E-state index in [-0.39, 0.29) is 6.04 Å². The van der Waals surface area contributed by atoms with Gasteiger partial charge in [0.1, 0.15) is 0 Å². The van der Waals surface area contributed by atoms with Gasteiger partial charge in [0.05, 0.1) is 11.7 Å². The highest BCUT2D eigenvalue weighted by Crippen LogP contribution is 2.35. The van der Waals surface area contributed by atoms with E-state index in [9.17, 15) is 9.59 Å². The molecule has 1 unspecified atom stereocenters. The number of benzene rings is 1. The van der Waals surface area contributed by atoms with Crippen LogP contribution in [0.3, 0.4) is 0 Å². The van der Waals surface area contributed by atoms with Crippen molar-refractivity contribution >= 4 is 17.5 Å². The summed E-state index contributed by atoms with van der Waals surface area (Å²) >= 11 is 0. The monoisotopic (exact) mass is 340 g/mol. The fraction of sp³-hybridized carbons (Fsp3) is 0.421. The molecule has 2 N–H and O–H groups in total. The summed E-state index contributed by atoms with van der Waals surface area (Å²) in [6.07, 6.45) is 1.74. The van der Waals surface area contributed by atoms with Crippen LogP contribution in [-0.2, 0) is 9.59 Å². The van der Waals surface area contributed by atoms with Gasteiger partial charge in [-0.2, -0.15) is 5.10 Å². The van der Waals surface area contributed by atoms with Crippen LogP contribution in [0.2, 0.25) is 0 Å². The quantitative estimate of drug-likeness (QED) is 0.825. The predicted molar refractivity (Wildman–Crippen MR) is 96.3 cm³/mol. The zero-order valence-electron chi connectivity index (χ0n) is 15.1. The van der Waals surface area contributed by atoms with E-state index in [1.165, 1.54) is 0 Å². The predicted octanol–water partition coefficient (Wildman–Crippen LogP) is 2.95. The molecule has 6 nitrogen and oxygen atoms in total. The fourth-order valence-electron chi connectivity index (χ4n) is 3.54. The van der Waals surface area contributed by atoms with Gasteiger partial charge in [-0.15, -0.1) is 0 Å². The van der Waals surface area contributed by atoms with Gasteiger partial charge in [-0.05, 0) is 57.7 Å². The van der Waals surface area contributed by atoms with Crippen molar-refractivity contribution in [2.75, 3.05) is 11.9 Å². The Hall–Kier alpha value is -2.63. The van der Waals surface area contributed by atoms with E-state index in [1.54, 1.807) is 4.90 Å². The zero-order chi connectivity index (χ0) is 18.1. The molecule has 1 aromatic heterocycles. The van der Waals surface area contributed by atoms with Crippen molar-refractivity contribution in [1.29, 1.82) is 0 Å². The van der Waals surface area contributed by atoms with E-state index in [4.69, 9.17) is 0 Å². The van der Waals surface area contributed by atoms with E-state index < -0.39 is 11.8 Å². The molecule has 0 saturated carbocycles. The summed E-state index contributed by atoms with van der Waals surface area (Å²) in [5.41, 5.74) is 5.53. The SMILES string of the molecule is Cc1ccc(C)c(NC(=O)C(=O)N2CCCC2c2c(C)n[nH]c2C)c1. The van der Waals surface area contributed by atoms with E-state index in [0.29, 0.717) is 12.2 Å². The summed E-state index contributed by atoms with van der Waals surface area (Å²) in [5, 5.41) is 9.96. The van der Waals surface area contributed by atoms with Crippen LogP contribution in [0.15, 0.2) is 18.2 Å². The summed E-state index contributed by atoms with van der Waals surface area (Å²) in [6.45, 7) is 8.34. The number of aryl methyl sites for hydroxylation is 4. The van der Waals surface area contributed by atoms with Crippen LogP contribution >= 0.6 is 0 Å². The summed E-state index contributed by atoms with van der Waals surface area (Å²) in [4.78, 5) is 27.0. The van der Waals surface area contributed by atoms with E-state index in [0.717, 1.165) is 40.9 Å². The van der Waals surface area contributed by atoms with E-state index >= 15 is 0 Å². The molecular formula is C19H24N4O2. The first-order chi connectivity index (χ1) is 11.9. The number of hydrogen-bond donors (Lipinski definition) is 2. The maximum atomic E-state index is 12.8. The molecule has 0 bridgehead atoms. The number of carbonyl (C=O) groups is 2. The van der Waals surface area contributed by atoms with Gasteiger partial charge in [0.25, 0.3) is 0 Å². The largest absolute Gasteiger partial charge is 0.327 e. The second kappa shape index (κ2) is 6.70. The highest BCUT2D eigenvalue weighted by atomic mass is 16.2. The summed E-state index contributed by atoms with van der Waals surface area (Å²) in [5.74, 6) is -1.07. The molecule has 1 aliphatic rings. The van der Waals surface area contributed by atoms with Gasteiger partial charge in [0.2, 0.25) is 0 Å². The van der Waals surface area contributed by atoms with Crippen molar-refractivity contribution in [3.05, 3.63) is 46.3 Å². The van der Waals surface area contributed by atoms with Crippen LogP contribution < -0.4 is 5.32 Å². The Labute approximate surface area is 147 Å². The maximum Gasteiger partial charge on any atom is 0.313 e. The van der Waals surface area contributed by atoms with Crippen LogP contribution in [-0.4, -0.2) is 33.5 Å². The molecule has 1 aliphatic heterocycles. The van der Waals surface area contributed by atoms with E-state index in [2.05, 4.69) is 15.5 Å². The normalized spacial score (nSPS) is 17.0. The molecule has 2 heterocycles. The minimum atomic E-state index is -0.584. The van der Waals surface area contributed by atoms with Crippen LogP contribution in [0.1, 0.15) is 47.0 Å². The lowest BCUT2D eigenvalue weighted by Gasteiger charge is -2.24. The number of nitrogens with zero attached hydrogens (tertiary/aromatic N) is 2. The van der Waals surface area contributed by atoms with Gasteiger partial charge in [-0.3, -0.25) is 14.7 Å². The number of anilines is 1. The van der Waals surface area contributed by atoms with Crippen molar-refractivity contribution in [1.82, 2.24) is 15.1 Å². The lowest BCUT2D eigenvalue weighted by molar-refractivity contribution is -0.143. The third kappa shape index (κ3) is 3.29. The lowest BCUT2D eigenvalue weighted by atomic mass is 10.0. The molecule has 3 rings (SSSR count). The Morgan fingerprint density at radius 3 is 2.68 bits per heavy atom. The van der Waals surface area contributed by atoms with Crippen LogP contribution in [0.4, 0.5) is 5.69 Å². The molecule has 2 aromatic rings. The first-order valence-electron chi connectivity index (χ1n) is 8.59. The number of aromatic amines is 1. The molecule has 0 radical (unpaired) electrons. The first kappa shape index (κ1) is 17.2. The topological polar surface area (TPSA) is 78.1 Å². The Balaban J connectivity index is 1.79. The molecular weight excluding hydrogens is 316 g/mol. The highest BCUT2D eigenvalue weighted by Gasteiger charge is 2.35. The third-order valence-electron chi connectivity index (χ3n) is 4.87. The number of nitrogens with one attached hydrogen (secondary N) is 2. The molecule has 1 aromatic carbocycles. The molecule has 2 amide bonds. The Morgan fingerprint density at radius 1 is 1.24 bits per heavy atom. The van der Waals surface area contributed by atoms with Crippen molar-refractivity contribution < 1.29 is 9.59 Å². The fourth-order valence-corrected chi connectivity index (χ4v) is 3.54. The highest BCUT2D eigenvalue weighted by molar-refractivity contribution is 6.39. The average molecular weight is 340 g/mol. The van der Waals surface area contributed by atoms with Gasteiger partial charge in [-0.1, -0.05) is 12.1 Å². The number of hydrogen-bond acceptors (Lipinski definition) is 3. The molecule has 25 heavy (non-hydrogen) atoms. The Bertz CT molecular complexity index is 805. The third-order valence-corrected chi connectivity index (χ3v) is 4.87. The average Bonchev–Trinajstić information content (AvgIpc) is 3.16. The van der Waals surface area contributed by atoms with Crippen molar-refractivity contribution in [2.45, 2.75) is 46.6 Å². The van der Waals surface area contributed by atoms with Gasteiger partial charge in [0.15, 0.2) is 0 Å². The minimum Gasteiger partial charge on any atom is -0.327 e. The minimum absolute atomic E-state index is 0.0874. The van der Waals surface area contributed by atoms with Gasteiger partial charge in [-0.25, -0.2) is 0 Å². The number of amides is 2. The second-order valence-electron chi connectivity index (χ2n) is 6.78. The lowest BCUT2D eigenvalue weighted by Crippen LogP contribution is -2.39. The van der Waals surface area contributed by atoms with Gasteiger partial charge >= 0.3 is 11.8 Å². The first-order valence-corrected chi connectivity index (χ1v) is 8.59. The van der Waals surface area contributed by atoms with Crippen LogP contribution in [0.5, 0.6) is 0 Å². The molecule has 1 saturated heterocycles. The summed E-state index contributed by atoms with van der Waals surface area (Å²) in [7, 11) is 0. The molecule has 1 fully saturated rings. The molecule has 6 heteroatoms. The Kier molecular flexibility index (Phi) is 4.61. The summed E-state index contributed by atoms with van der Waals surface area (Å²) < 4.78 is 0. The van der Waals surface area contributed by atoms with Crippen molar-refractivity contribution in [3.63, 3.8) is 0 Å². The number of H-pyrrole nitrogens is 1. The van der Waals surface area contributed by atoms with Crippen LogP contribution in [0.25, 0.3) is 0 Å². The van der Waals surface area contributed by atoms with E-state index in [1.807, 2.05) is 45.9 Å². The van der Waals surface area contributed by atoms with Gasteiger partial charge in [0, 0.05) is 23.5 Å². The maximum absolute atomic E-state index is 12.8. The number of likely N-dealkylation sites (tertiary alicyclic amines) is 1. The molecule has 0 spiro atoms.